The molecule has 0 bridgehead atoms. The zero-order valence-corrected chi connectivity index (χ0v) is 13.7. The lowest BCUT2D eigenvalue weighted by Gasteiger charge is -2.17. The number of ether oxygens (including phenoxy) is 1. The van der Waals surface area contributed by atoms with Crippen molar-refractivity contribution in [2.75, 3.05) is 33.9 Å². The molecule has 0 fully saturated rings. The Morgan fingerprint density at radius 3 is 2.85 bits per heavy atom. The van der Waals surface area contributed by atoms with Crippen molar-refractivity contribution < 1.29 is 9.53 Å². The maximum atomic E-state index is 12.2. The third-order valence-corrected chi connectivity index (χ3v) is 3.58. The first kappa shape index (κ1) is 17.1. The Hall–Kier alpha value is -0.910. The molecular formula is C15H23BrN2O2. The number of rotatable bonds is 9. The summed E-state index contributed by atoms with van der Waals surface area (Å²) in [7, 11) is 3.53. The molecule has 1 aromatic rings. The summed E-state index contributed by atoms with van der Waals surface area (Å²) in [4.78, 5) is 12.2. The van der Waals surface area contributed by atoms with E-state index in [1.165, 1.54) is 0 Å². The van der Waals surface area contributed by atoms with Gasteiger partial charge < -0.3 is 15.4 Å². The van der Waals surface area contributed by atoms with Crippen LogP contribution in [-0.4, -0.2) is 39.8 Å². The van der Waals surface area contributed by atoms with Crippen LogP contribution >= 0.6 is 15.9 Å². The number of methoxy groups -OCH3 is 1. The number of hydrogen-bond donors (Lipinski definition) is 2. The fourth-order valence-corrected chi connectivity index (χ4v) is 2.44. The minimum absolute atomic E-state index is 0.0545. The van der Waals surface area contributed by atoms with E-state index in [1.807, 2.05) is 25.2 Å². The standard InChI is InChI=1S/C15H23BrN2O2/c1-17-7-8-18-15(19)13(6-9-20-2)10-12-4-3-5-14(16)11-12/h3-5,11,13,17H,6-10H2,1-2H3,(H,18,19). The molecule has 20 heavy (non-hydrogen) atoms. The Kier molecular flexibility index (Phi) is 8.49. The van der Waals surface area contributed by atoms with Crippen LogP contribution in [0.5, 0.6) is 0 Å². The third kappa shape index (κ3) is 6.50. The molecule has 5 heteroatoms. The average Bonchev–Trinajstić information content (AvgIpc) is 2.43. The van der Waals surface area contributed by atoms with Crippen molar-refractivity contribution >= 4 is 21.8 Å². The maximum absolute atomic E-state index is 12.2. The van der Waals surface area contributed by atoms with Crippen molar-refractivity contribution in [2.24, 2.45) is 5.92 Å². The lowest BCUT2D eigenvalue weighted by atomic mass is 9.95. The molecule has 0 saturated heterocycles. The molecular weight excluding hydrogens is 320 g/mol. The second-order valence-corrected chi connectivity index (χ2v) is 5.62. The molecule has 1 amide bonds. The predicted molar refractivity (Wildman–Crippen MR) is 84.8 cm³/mol. The van der Waals surface area contributed by atoms with E-state index in [9.17, 15) is 4.79 Å². The highest BCUT2D eigenvalue weighted by Gasteiger charge is 2.18. The lowest BCUT2D eigenvalue weighted by Crippen LogP contribution is -2.36. The largest absolute Gasteiger partial charge is 0.385 e. The highest BCUT2D eigenvalue weighted by atomic mass is 79.9. The van der Waals surface area contributed by atoms with Crippen LogP contribution in [0.1, 0.15) is 12.0 Å². The first-order chi connectivity index (χ1) is 9.67. The number of benzene rings is 1. The van der Waals surface area contributed by atoms with Gasteiger partial charge in [-0.2, -0.15) is 0 Å². The molecule has 2 N–H and O–H groups in total. The Bertz CT molecular complexity index is 413. The van der Waals surface area contributed by atoms with E-state index in [0.29, 0.717) is 13.2 Å². The third-order valence-electron chi connectivity index (χ3n) is 3.09. The molecule has 0 aliphatic rings. The number of halogens is 1. The first-order valence-corrected chi connectivity index (χ1v) is 7.62. The summed E-state index contributed by atoms with van der Waals surface area (Å²) in [5.74, 6) is 0.0402. The van der Waals surface area contributed by atoms with Gasteiger partial charge in [-0.1, -0.05) is 28.1 Å². The van der Waals surface area contributed by atoms with Gasteiger partial charge in [-0.15, -0.1) is 0 Å². The SMILES string of the molecule is CNCCNC(=O)C(CCOC)Cc1cccc(Br)c1. The molecule has 1 atom stereocenters. The van der Waals surface area contributed by atoms with Crippen LogP contribution in [0.4, 0.5) is 0 Å². The quantitative estimate of drug-likeness (QED) is 0.674. The van der Waals surface area contributed by atoms with Gasteiger partial charge in [-0.3, -0.25) is 4.79 Å². The molecule has 0 radical (unpaired) electrons. The summed E-state index contributed by atoms with van der Waals surface area (Å²) >= 11 is 3.46. The normalized spacial score (nSPS) is 12.2. The minimum Gasteiger partial charge on any atom is -0.385 e. The number of amides is 1. The van der Waals surface area contributed by atoms with Crippen LogP contribution in [0.25, 0.3) is 0 Å². The van der Waals surface area contributed by atoms with Gasteiger partial charge in [0.15, 0.2) is 0 Å². The summed E-state index contributed by atoms with van der Waals surface area (Å²) in [6.45, 7) is 2.02. The zero-order valence-electron chi connectivity index (χ0n) is 12.1. The molecule has 112 valence electrons. The molecule has 4 nitrogen and oxygen atoms in total. The van der Waals surface area contributed by atoms with Gasteiger partial charge in [0.05, 0.1) is 0 Å². The van der Waals surface area contributed by atoms with Crippen LogP contribution in [0.15, 0.2) is 28.7 Å². The van der Waals surface area contributed by atoms with Crippen LogP contribution in [0.2, 0.25) is 0 Å². The molecule has 0 heterocycles. The van der Waals surface area contributed by atoms with Gasteiger partial charge in [0, 0.05) is 37.2 Å². The van der Waals surface area contributed by atoms with E-state index in [4.69, 9.17) is 4.74 Å². The van der Waals surface area contributed by atoms with Crippen LogP contribution in [0.3, 0.4) is 0 Å². The van der Waals surface area contributed by atoms with E-state index < -0.39 is 0 Å². The molecule has 0 spiro atoms. The van der Waals surface area contributed by atoms with E-state index in [1.54, 1.807) is 7.11 Å². The van der Waals surface area contributed by atoms with Gasteiger partial charge in [-0.25, -0.2) is 0 Å². The monoisotopic (exact) mass is 342 g/mol. The summed E-state index contributed by atoms with van der Waals surface area (Å²) < 4.78 is 6.15. The van der Waals surface area contributed by atoms with Gasteiger partial charge in [-0.05, 0) is 37.6 Å². The molecule has 0 aromatic heterocycles. The maximum Gasteiger partial charge on any atom is 0.223 e. The number of likely N-dealkylation sites (N-methyl/N-ethyl adjacent to an activating group) is 1. The lowest BCUT2D eigenvalue weighted by molar-refractivity contribution is -0.125. The van der Waals surface area contributed by atoms with Crippen molar-refractivity contribution in [1.29, 1.82) is 0 Å². The molecule has 1 unspecified atom stereocenters. The molecule has 0 saturated carbocycles. The predicted octanol–water partition coefficient (Wildman–Crippen LogP) is 1.98. The van der Waals surface area contributed by atoms with Crippen molar-refractivity contribution in [3.8, 4) is 0 Å². The van der Waals surface area contributed by atoms with E-state index in [2.05, 4.69) is 32.6 Å². The Morgan fingerprint density at radius 1 is 1.40 bits per heavy atom. The van der Waals surface area contributed by atoms with Crippen LogP contribution < -0.4 is 10.6 Å². The number of carbonyl (C=O) groups excluding carboxylic acids is 1. The molecule has 1 rings (SSSR count). The second-order valence-electron chi connectivity index (χ2n) is 4.71. The van der Waals surface area contributed by atoms with Crippen LogP contribution in [-0.2, 0) is 16.0 Å². The fourth-order valence-electron chi connectivity index (χ4n) is 1.99. The van der Waals surface area contributed by atoms with Gasteiger partial charge in [0.2, 0.25) is 5.91 Å². The highest BCUT2D eigenvalue weighted by Crippen LogP contribution is 2.17. The summed E-state index contributed by atoms with van der Waals surface area (Å²) in [5, 5.41) is 5.98. The summed E-state index contributed by atoms with van der Waals surface area (Å²) in [6, 6.07) is 8.08. The number of carbonyl (C=O) groups is 1. The van der Waals surface area contributed by atoms with E-state index in [-0.39, 0.29) is 11.8 Å². The topological polar surface area (TPSA) is 50.4 Å². The van der Waals surface area contributed by atoms with Crippen molar-refractivity contribution in [3.63, 3.8) is 0 Å². The second kappa shape index (κ2) is 9.91. The molecule has 1 aromatic carbocycles. The summed E-state index contributed by atoms with van der Waals surface area (Å²) in [6.07, 6.45) is 1.46. The fraction of sp³-hybridized carbons (Fsp3) is 0.533. The first-order valence-electron chi connectivity index (χ1n) is 6.83. The smallest absolute Gasteiger partial charge is 0.223 e. The van der Waals surface area contributed by atoms with Crippen LogP contribution in [0, 0.1) is 5.92 Å². The molecule has 0 aliphatic carbocycles. The van der Waals surface area contributed by atoms with Crippen molar-refractivity contribution in [2.45, 2.75) is 12.8 Å². The number of hydrogen-bond acceptors (Lipinski definition) is 3. The van der Waals surface area contributed by atoms with E-state index in [0.717, 1.165) is 29.4 Å². The Labute approximate surface area is 129 Å². The van der Waals surface area contributed by atoms with Crippen molar-refractivity contribution in [1.82, 2.24) is 10.6 Å². The molecule has 0 aliphatic heterocycles. The Balaban J connectivity index is 2.60. The zero-order chi connectivity index (χ0) is 14.8. The minimum atomic E-state index is -0.0545. The summed E-state index contributed by atoms with van der Waals surface area (Å²) in [5.41, 5.74) is 1.16. The van der Waals surface area contributed by atoms with E-state index >= 15 is 0 Å². The van der Waals surface area contributed by atoms with Gasteiger partial charge in [0.25, 0.3) is 0 Å². The Morgan fingerprint density at radius 2 is 2.20 bits per heavy atom. The average molecular weight is 343 g/mol. The number of nitrogens with one attached hydrogen (secondary N) is 2. The van der Waals surface area contributed by atoms with Gasteiger partial charge >= 0.3 is 0 Å². The highest BCUT2D eigenvalue weighted by molar-refractivity contribution is 9.10. The van der Waals surface area contributed by atoms with Crippen molar-refractivity contribution in [3.05, 3.63) is 34.3 Å². The van der Waals surface area contributed by atoms with Gasteiger partial charge in [0.1, 0.15) is 0 Å².